The van der Waals surface area contributed by atoms with Crippen molar-refractivity contribution in [1.29, 1.82) is 0 Å². The van der Waals surface area contributed by atoms with E-state index in [2.05, 4.69) is 10.5 Å². The highest BCUT2D eigenvalue weighted by molar-refractivity contribution is 5.80. The van der Waals surface area contributed by atoms with E-state index in [4.69, 9.17) is 15.4 Å². The summed E-state index contributed by atoms with van der Waals surface area (Å²) in [7, 11) is 0. The molecule has 0 radical (unpaired) electrons. The predicted molar refractivity (Wildman–Crippen MR) is 57.7 cm³/mol. The number of hydrogen-bond acceptors (Lipinski definition) is 4. The molecule has 2 atom stereocenters. The molecule has 0 fully saturated rings. The van der Waals surface area contributed by atoms with Crippen molar-refractivity contribution in [2.24, 2.45) is 10.9 Å². The fourth-order valence-corrected chi connectivity index (χ4v) is 1.46. The quantitative estimate of drug-likeness (QED) is 0.298. The van der Waals surface area contributed by atoms with Gasteiger partial charge in [-0.15, -0.1) is 0 Å². The Balaban J connectivity index is 2.41. The van der Waals surface area contributed by atoms with Crippen molar-refractivity contribution >= 4 is 5.84 Å². The van der Waals surface area contributed by atoms with E-state index in [1.165, 1.54) is 0 Å². The minimum absolute atomic E-state index is 0.112. The Morgan fingerprint density at radius 1 is 1.67 bits per heavy atom. The third-order valence-electron chi connectivity index (χ3n) is 2.15. The number of furan rings is 1. The first-order valence-electron chi connectivity index (χ1n) is 4.89. The largest absolute Gasteiger partial charge is 0.468 e. The van der Waals surface area contributed by atoms with Crippen LogP contribution in [0.2, 0.25) is 0 Å². The van der Waals surface area contributed by atoms with Gasteiger partial charge in [-0.2, -0.15) is 0 Å². The van der Waals surface area contributed by atoms with Crippen LogP contribution in [-0.2, 0) is 0 Å². The second-order valence-corrected chi connectivity index (χ2v) is 3.60. The summed E-state index contributed by atoms with van der Waals surface area (Å²) in [6.45, 7) is 3.97. The van der Waals surface area contributed by atoms with E-state index in [0.717, 1.165) is 5.76 Å². The highest BCUT2D eigenvalue weighted by Crippen LogP contribution is 2.13. The maximum Gasteiger partial charge on any atom is 0.140 e. The van der Waals surface area contributed by atoms with Crippen LogP contribution in [0.4, 0.5) is 0 Å². The Kier molecular flexibility index (Phi) is 4.17. The molecule has 5 nitrogen and oxygen atoms in total. The van der Waals surface area contributed by atoms with E-state index >= 15 is 0 Å². The summed E-state index contributed by atoms with van der Waals surface area (Å²) in [5.74, 6) is 1.10. The number of hydrogen-bond donors (Lipinski definition) is 3. The molecule has 1 rings (SSSR count). The highest BCUT2D eigenvalue weighted by atomic mass is 16.4. The molecule has 5 heteroatoms. The Morgan fingerprint density at radius 2 is 2.40 bits per heavy atom. The first-order valence-corrected chi connectivity index (χ1v) is 4.89. The van der Waals surface area contributed by atoms with Gasteiger partial charge < -0.3 is 20.7 Å². The van der Waals surface area contributed by atoms with Gasteiger partial charge in [0.25, 0.3) is 0 Å². The van der Waals surface area contributed by atoms with E-state index in [9.17, 15) is 0 Å². The second kappa shape index (κ2) is 5.41. The molecule has 0 aliphatic rings. The van der Waals surface area contributed by atoms with Gasteiger partial charge in [0.1, 0.15) is 11.6 Å². The first kappa shape index (κ1) is 11.6. The maximum atomic E-state index is 8.42. The van der Waals surface area contributed by atoms with Crippen LogP contribution in [0.1, 0.15) is 32.1 Å². The SMILES string of the molecule is CC(CC(N)=NO)NC(C)c1ccco1. The minimum atomic E-state index is 0.112. The lowest BCUT2D eigenvalue weighted by molar-refractivity contribution is 0.315. The van der Waals surface area contributed by atoms with Crippen LogP contribution in [0.15, 0.2) is 28.0 Å². The Morgan fingerprint density at radius 3 is 2.93 bits per heavy atom. The van der Waals surface area contributed by atoms with Crippen LogP contribution < -0.4 is 11.1 Å². The second-order valence-electron chi connectivity index (χ2n) is 3.60. The molecule has 1 aromatic heterocycles. The average Bonchev–Trinajstić information content (AvgIpc) is 2.70. The van der Waals surface area contributed by atoms with Crippen LogP contribution in [0, 0.1) is 0 Å². The lowest BCUT2D eigenvalue weighted by Crippen LogP contribution is -2.32. The van der Waals surface area contributed by atoms with Gasteiger partial charge in [0, 0.05) is 12.5 Å². The molecule has 0 aliphatic heterocycles. The Labute approximate surface area is 88.9 Å². The Bertz CT molecular complexity index is 308. The highest BCUT2D eigenvalue weighted by Gasteiger charge is 2.12. The van der Waals surface area contributed by atoms with Crippen molar-refractivity contribution in [3.8, 4) is 0 Å². The van der Waals surface area contributed by atoms with Gasteiger partial charge in [-0.25, -0.2) is 0 Å². The van der Waals surface area contributed by atoms with Crippen molar-refractivity contribution in [3.63, 3.8) is 0 Å². The lowest BCUT2D eigenvalue weighted by atomic mass is 10.1. The molecule has 1 aromatic rings. The van der Waals surface area contributed by atoms with Gasteiger partial charge in [-0.3, -0.25) is 0 Å². The van der Waals surface area contributed by atoms with Crippen molar-refractivity contribution in [2.45, 2.75) is 32.4 Å². The smallest absolute Gasteiger partial charge is 0.140 e. The van der Waals surface area contributed by atoms with Crippen molar-refractivity contribution in [2.75, 3.05) is 0 Å². The number of nitrogens with zero attached hydrogens (tertiary/aromatic N) is 1. The molecule has 0 saturated carbocycles. The van der Waals surface area contributed by atoms with Crippen LogP contribution in [0.3, 0.4) is 0 Å². The fourth-order valence-electron chi connectivity index (χ4n) is 1.46. The molecular formula is C10H17N3O2. The number of rotatable bonds is 5. The third kappa shape index (κ3) is 3.63. The zero-order valence-electron chi connectivity index (χ0n) is 8.97. The molecule has 2 unspecified atom stereocenters. The summed E-state index contributed by atoms with van der Waals surface area (Å²) < 4.78 is 5.25. The monoisotopic (exact) mass is 211 g/mol. The summed E-state index contributed by atoms with van der Waals surface area (Å²) in [5, 5.41) is 14.6. The van der Waals surface area contributed by atoms with Crippen LogP contribution >= 0.6 is 0 Å². The van der Waals surface area contributed by atoms with Gasteiger partial charge in [0.15, 0.2) is 0 Å². The van der Waals surface area contributed by atoms with Gasteiger partial charge in [-0.05, 0) is 26.0 Å². The molecule has 0 aliphatic carbocycles. The zero-order valence-corrected chi connectivity index (χ0v) is 8.97. The molecule has 84 valence electrons. The lowest BCUT2D eigenvalue weighted by Gasteiger charge is -2.17. The van der Waals surface area contributed by atoms with E-state index in [-0.39, 0.29) is 17.9 Å². The number of oxime groups is 1. The summed E-state index contributed by atoms with van der Waals surface area (Å²) >= 11 is 0. The molecule has 15 heavy (non-hydrogen) atoms. The molecule has 0 spiro atoms. The predicted octanol–water partition coefficient (Wildman–Crippen LogP) is 1.46. The molecule has 0 aromatic carbocycles. The van der Waals surface area contributed by atoms with Gasteiger partial charge >= 0.3 is 0 Å². The first-order chi connectivity index (χ1) is 7.13. The fraction of sp³-hybridized carbons (Fsp3) is 0.500. The topological polar surface area (TPSA) is 83.8 Å². The number of amidine groups is 1. The summed E-state index contributed by atoms with van der Waals surface area (Å²) in [5.41, 5.74) is 5.40. The van der Waals surface area contributed by atoms with E-state index in [1.807, 2.05) is 26.0 Å². The van der Waals surface area contributed by atoms with Crippen LogP contribution in [0.5, 0.6) is 0 Å². The maximum absolute atomic E-state index is 8.42. The van der Waals surface area contributed by atoms with Crippen molar-refractivity contribution in [3.05, 3.63) is 24.2 Å². The molecule has 1 heterocycles. The molecule has 0 amide bonds. The van der Waals surface area contributed by atoms with Crippen molar-refractivity contribution < 1.29 is 9.62 Å². The van der Waals surface area contributed by atoms with Crippen molar-refractivity contribution in [1.82, 2.24) is 5.32 Å². The summed E-state index contributed by atoms with van der Waals surface area (Å²) in [6, 6.07) is 4.00. The van der Waals surface area contributed by atoms with Crippen LogP contribution in [0.25, 0.3) is 0 Å². The average molecular weight is 211 g/mol. The van der Waals surface area contributed by atoms with E-state index in [1.54, 1.807) is 6.26 Å². The van der Waals surface area contributed by atoms with Crippen LogP contribution in [-0.4, -0.2) is 17.1 Å². The standard InChI is InChI=1S/C10H17N3O2/c1-7(6-10(11)13-14)12-8(2)9-4-3-5-15-9/h3-5,7-8,12,14H,6H2,1-2H3,(H2,11,13). The molecular weight excluding hydrogens is 194 g/mol. The molecule has 0 saturated heterocycles. The molecule has 0 bridgehead atoms. The Hall–Kier alpha value is -1.49. The van der Waals surface area contributed by atoms with Gasteiger partial charge in [0.05, 0.1) is 12.3 Å². The van der Waals surface area contributed by atoms with Gasteiger partial charge in [-0.1, -0.05) is 5.16 Å². The molecule has 4 N–H and O–H groups in total. The van der Waals surface area contributed by atoms with E-state index < -0.39 is 0 Å². The normalized spacial score (nSPS) is 16.3. The van der Waals surface area contributed by atoms with E-state index in [0.29, 0.717) is 6.42 Å². The summed E-state index contributed by atoms with van der Waals surface area (Å²) in [6.07, 6.45) is 2.14. The number of nitrogens with two attached hydrogens (primary N) is 1. The summed E-state index contributed by atoms with van der Waals surface area (Å²) in [4.78, 5) is 0. The minimum Gasteiger partial charge on any atom is -0.468 e. The third-order valence-corrected chi connectivity index (χ3v) is 2.15. The number of nitrogens with one attached hydrogen (secondary N) is 1. The zero-order chi connectivity index (χ0) is 11.3. The van der Waals surface area contributed by atoms with Gasteiger partial charge in [0.2, 0.25) is 0 Å².